The number of aromatic nitrogens is 2. The Morgan fingerprint density at radius 3 is 1.34 bits per heavy atom. The van der Waals surface area contributed by atoms with Crippen molar-refractivity contribution >= 4 is 126 Å². The topological polar surface area (TPSA) is 66.4 Å². The summed E-state index contributed by atoms with van der Waals surface area (Å²) in [7, 11) is 0. The van der Waals surface area contributed by atoms with Crippen LogP contribution in [0.4, 0.5) is 23.0 Å². The third kappa shape index (κ3) is 7.69. The summed E-state index contributed by atoms with van der Waals surface area (Å²) in [5.41, 5.74) is 8.41. The minimum Gasteiger partial charge on any atom is -0.288 e. The van der Waals surface area contributed by atoms with Gasteiger partial charge in [0, 0.05) is 43.4 Å². The summed E-state index contributed by atoms with van der Waals surface area (Å²) in [6.07, 6.45) is 3.41. The molecule has 0 N–H and O–H groups in total. The molecule has 1 aliphatic heterocycles. The Morgan fingerprint density at radius 1 is 0.493 bits per heavy atom. The monoisotopic (exact) mass is 996 g/mol. The lowest BCUT2D eigenvalue weighted by Gasteiger charge is -2.32. The first-order valence-corrected chi connectivity index (χ1v) is 23.9. The number of rotatable bonds is 7. The van der Waals surface area contributed by atoms with E-state index >= 15 is 0 Å². The Labute approximate surface area is 418 Å². The van der Waals surface area contributed by atoms with Crippen molar-refractivity contribution in [3.05, 3.63) is 197 Å². The molecule has 0 spiro atoms. The highest BCUT2D eigenvalue weighted by molar-refractivity contribution is 6.44. The van der Waals surface area contributed by atoms with E-state index in [1.54, 1.807) is 48.6 Å². The number of hydrogen-bond donors (Lipinski definition) is 0. The van der Waals surface area contributed by atoms with Gasteiger partial charge in [-0.05, 0) is 119 Å². The van der Waals surface area contributed by atoms with E-state index in [1.165, 1.54) is 0 Å². The van der Waals surface area contributed by atoms with Gasteiger partial charge in [0.05, 0.1) is 48.1 Å². The summed E-state index contributed by atoms with van der Waals surface area (Å²) in [5.74, 6) is 0.761. The maximum Gasteiger partial charge on any atom is 0.197 e. The molecule has 10 rings (SSSR count). The number of carbonyl (C=O) groups excluding carboxylic acids is 2. The number of carbonyl (C=O) groups is 2. The molecule has 2 heterocycles. The standard InChI is InChI=1S/C55H38Cl6N4O2/c1-27(2)34-13-10-14-35(28(3)4)50(34)64-47(18-17-36-52(66)37-21-30-11-6-7-12-31(30)22-38(37)53(36)67)65(55-54(64)62-45-15-8-9-16-46(45)63-55)51-39(48-41(58)23-32(56)24-42(48)59)19-29(5)20-40(51)49-43(60)25-33(57)26-44(49)61/h6-28H,1-5H3/b47-18+. The minimum atomic E-state index is -0.375. The second-order valence-electron chi connectivity index (χ2n) is 17.3. The number of allylic oxidation sites excluding steroid dienone is 3. The molecule has 0 atom stereocenters. The molecule has 0 fully saturated rings. The van der Waals surface area contributed by atoms with Gasteiger partial charge in [0.25, 0.3) is 0 Å². The molecule has 2 aliphatic rings. The number of aryl methyl sites for hydroxylation is 1. The molecule has 6 nitrogen and oxygen atoms in total. The van der Waals surface area contributed by atoms with Crippen molar-refractivity contribution in [2.75, 3.05) is 9.80 Å². The first kappa shape index (κ1) is 45.1. The minimum absolute atomic E-state index is 0.0119. The van der Waals surface area contributed by atoms with Gasteiger partial charge in [-0.3, -0.25) is 19.4 Å². The summed E-state index contributed by atoms with van der Waals surface area (Å²) in [5, 5.41) is 3.58. The smallest absolute Gasteiger partial charge is 0.197 e. The Morgan fingerprint density at radius 2 is 0.910 bits per heavy atom. The number of halogens is 6. The van der Waals surface area contributed by atoms with Crippen molar-refractivity contribution in [3.8, 4) is 22.3 Å². The fourth-order valence-corrected chi connectivity index (χ4v) is 11.3. The Hall–Kier alpha value is -5.70. The van der Waals surface area contributed by atoms with Crippen molar-refractivity contribution in [3.63, 3.8) is 0 Å². The molecule has 0 amide bonds. The largest absolute Gasteiger partial charge is 0.288 e. The number of anilines is 4. The lowest BCUT2D eigenvalue weighted by atomic mass is 9.91. The van der Waals surface area contributed by atoms with Crippen LogP contribution in [-0.2, 0) is 0 Å². The zero-order valence-corrected chi connectivity index (χ0v) is 41.2. The number of benzene rings is 7. The number of ketones is 2. The third-order valence-electron chi connectivity index (χ3n) is 12.3. The normalized spacial score (nSPS) is 14.2. The zero-order chi connectivity index (χ0) is 47.2. The summed E-state index contributed by atoms with van der Waals surface area (Å²) in [4.78, 5) is 43.9. The molecule has 7 aromatic carbocycles. The fourth-order valence-electron chi connectivity index (χ4n) is 9.28. The van der Waals surface area contributed by atoms with E-state index in [-0.39, 0.29) is 49.1 Å². The van der Waals surface area contributed by atoms with Crippen molar-refractivity contribution < 1.29 is 9.59 Å². The van der Waals surface area contributed by atoms with Crippen LogP contribution in [0.15, 0.2) is 139 Å². The molecule has 332 valence electrons. The van der Waals surface area contributed by atoms with Gasteiger partial charge in [-0.1, -0.05) is 152 Å². The van der Waals surface area contributed by atoms with Crippen LogP contribution in [0.25, 0.3) is 44.1 Å². The molecule has 0 saturated carbocycles. The number of Topliss-reactive ketones (excluding diaryl/α,β-unsaturated/α-hetero) is 2. The Balaban J connectivity index is 1.38. The third-order valence-corrected chi connectivity index (χ3v) is 13.9. The molecule has 0 unspecified atom stereocenters. The molecule has 0 radical (unpaired) electrons. The second-order valence-corrected chi connectivity index (χ2v) is 19.8. The number of fused-ring (bicyclic) bond motifs is 4. The highest BCUT2D eigenvalue weighted by Crippen LogP contribution is 2.58. The van der Waals surface area contributed by atoms with Gasteiger partial charge in [0.15, 0.2) is 23.2 Å². The van der Waals surface area contributed by atoms with Crippen LogP contribution in [0.3, 0.4) is 0 Å². The van der Waals surface area contributed by atoms with Crippen molar-refractivity contribution in [1.82, 2.24) is 9.97 Å². The lowest BCUT2D eigenvalue weighted by Crippen LogP contribution is -2.25. The average molecular weight is 1000 g/mol. The van der Waals surface area contributed by atoms with Crippen molar-refractivity contribution in [2.24, 2.45) is 0 Å². The van der Waals surface area contributed by atoms with Crippen LogP contribution >= 0.6 is 69.6 Å². The quantitative estimate of drug-likeness (QED) is 0.117. The maximum absolute atomic E-state index is 14.5. The van der Waals surface area contributed by atoms with E-state index in [0.717, 1.165) is 33.2 Å². The highest BCUT2D eigenvalue weighted by Gasteiger charge is 2.42. The summed E-state index contributed by atoms with van der Waals surface area (Å²) in [6.45, 7) is 10.6. The molecule has 67 heavy (non-hydrogen) atoms. The highest BCUT2D eigenvalue weighted by atomic mass is 35.5. The predicted molar refractivity (Wildman–Crippen MR) is 279 cm³/mol. The van der Waals surface area contributed by atoms with Gasteiger partial charge in [0.2, 0.25) is 0 Å². The number of nitrogens with zero attached hydrogens (tertiary/aromatic N) is 4. The van der Waals surface area contributed by atoms with Crippen LogP contribution in [-0.4, -0.2) is 21.5 Å². The van der Waals surface area contributed by atoms with Gasteiger partial charge in [-0.25, -0.2) is 9.97 Å². The zero-order valence-electron chi connectivity index (χ0n) is 36.7. The first-order chi connectivity index (χ1) is 32.1. The first-order valence-electron chi connectivity index (χ1n) is 21.6. The molecule has 8 aromatic rings. The second kappa shape index (κ2) is 17.4. The molecule has 1 aliphatic carbocycles. The van der Waals surface area contributed by atoms with Gasteiger partial charge >= 0.3 is 0 Å². The van der Waals surface area contributed by atoms with Gasteiger partial charge in [-0.15, -0.1) is 0 Å². The molecule has 1 aromatic heterocycles. The Bertz CT molecular complexity index is 3320. The molecule has 0 saturated heterocycles. The van der Waals surface area contributed by atoms with Crippen LogP contribution in [0.2, 0.25) is 30.1 Å². The van der Waals surface area contributed by atoms with Crippen LogP contribution in [0.5, 0.6) is 0 Å². The van der Waals surface area contributed by atoms with Crippen LogP contribution < -0.4 is 9.80 Å². The van der Waals surface area contributed by atoms with E-state index in [0.29, 0.717) is 77.6 Å². The number of para-hydroxylation sites is 3. The van der Waals surface area contributed by atoms with Crippen LogP contribution in [0, 0.1) is 6.92 Å². The SMILES string of the molecule is Cc1cc(-c2c(Cl)cc(Cl)cc2Cl)c(N2/C(=C/C=C3C(=O)c4cc5ccccc5cc4C3=O)N(c3c(C(C)C)cccc3C(C)C)c3nc4ccccc4nc32)c(-c2c(Cl)cc(Cl)cc2Cl)c1. The molecular weight excluding hydrogens is 961 g/mol. The van der Waals surface area contributed by atoms with E-state index in [9.17, 15) is 9.59 Å². The Kier molecular flexibility index (Phi) is 11.7. The van der Waals surface area contributed by atoms with Gasteiger partial charge in [0.1, 0.15) is 5.82 Å². The molecule has 0 bridgehead atoms. The number of hydrogen-bond acceptors (Lipinski definition) is 6. The molecular formula is C55H38Cl6N4O2. The maximum atomic E-state index is 14.5. The van der Waals surface area contributed by atoms with Gasteiger partial charge in [-0.2, -0.15) is 0 Å². The molecule has 12 heteroatoms. The van der Waals surface area contributed by atoms with Crippen molar-refractivity contribution in [2.45, 2.75) is 46.5 Å². The summed E-state index contributed by atoms with van der Waals surface area (Å²) >= 11 is 41.9. The average Bonchev–Trinajstić information content (AvgIpc) is 3.70. The van der Waals surface area contributed by atoms with E-state index in [1.807, 2.05) is 72.5 Å². The van der Waals surface area contributed by atoms with Crippen LogP contribution in [0.1, 0.15) is 76.9 Å². The fraction of sp³-hybridized carbons (Fsp3) is 0.127. The predicted octanol–water partition coefficient (Wildman–Crippen LogP) is 17.7. The van der Waals surface area contributed by atoms with E-state index in [2.05, 4.69) is 50.8 Å². The summed E-state index contributed by atoms with van der Waals surface area (Å²) in [6, 6.07) is 35.8. The van der Waals surface area contributed by atoms with Crippen molar-refractivity contribution in [1.29, 1.82) is 0 Å². The van der Waals surface area contributed by atoms with Gasteiger partial charge < -0.3 is 0 Å². The lowest BCUT2D eigenvalue weighted by molar-refractivity contribution is 0.0988. The van der Waals surface area contributed by atoms with E-state index < -0.39 is 0 Å². The summed E-state index contributed by atoms with van der Waals surface area (Å²) < 4.78 is 0. The van der Waals surface area contributed by atoms with E-state index in [4.69, 9.17) is 79.6 Å².